The average Bonchev–Trinajstić information content (AvgIpc) is 2.60. The summed E-state index contributed by atoms with van der Waals surface area (Å²) in [5, 5.41) is 15.8. The Kier molecular flexibility index (Phi) is 6.89. The molecular formula is C18H27N5. The van der Waals surface area contributed by atoms with Crippen LogP contribution in [0, 0.1) is 11.3 Å². The van der Waals surface area contributed by atoms with Crippen LogP contribution in [0.1, 0.15) is 37.3 Å². The van der Waals surface area contributed by atoms with E-state index in [0.717, 1.165) is 37.5 Å². The zero-order chi connectivity index (χ0) is 16.5. The second kappa shape index (κ2) is 9.16. The van der Waals surface area contributed by atoms with Crippen LogP contribution < -0.4 is 10.6 Å². The molecule has 5 nitrogen and oxygen atoms in total. The molecule has 0 spiro atoms. The van der Waals surface area contributed by atoms with Gasteiger partial charge in [-0.05, 0) is 43.5 Å². The van der Waals surface area contributed by atoms with E-state index in [1.807, 2.05) is 24.3 Å². The van der Waals surface area contributed by atoms with Gasteiger partial charge in [-0.3, -0.25) is 4.99 Å². The molecule has 0 atom stereocenters. The fourth-order valence-electron chi connectivity index (χ4n) is 2.94. The zero-order valence-electron chi connectivity index (χ0n) is 14.2. The Bertz CT molecular complexity index is 553. The summed E-state index contributed by atoms with van der Waals surface area (Å²) in [7, 11) is 1.80. The van der Waals surface area contributed by atoms with Crippen molar-refractivity contribution in [1.82, 2.24) is 15.5 Å². The number of nitriles is 1. The highest BCUT2D eigenvalue weighted by Gasteiger charge is 2.19. The second-order valence-corrected chi connectivity index (χ2v) is 6.00. The molecule has 23 heavy (non-hydrogen) atoms. The fraction of sp³-hybridized carbons (Fsp3) is 0.556. The van der Waals surface area contributed by atoms with Crippen molar-refractivity contribution in [3.05, 3.63) is 35.4 Å². The minimum absolute atomic E-state index is 0.486. The highest BCUT2D eigenvalue weighted by Crippen LogP contribution is 2.10. The summed E-state index contributed by atoms with van der Waals surface area (Å²) in [5.74, 6) is 0.835. The van der Waals surface area contributed by atoms with Crippen LogP contribution in [0.4, 0.5) is 0 Å². The van der Waals surface area contributed by atoms with E-state index in [0.29, 0.717) is 18.2 Å². The van der Waals surface area contributed by atoms with Gasteiger partial charge in [0.15, 0.2) is 5.96 Å². The first-order valence-electron chi connectivity index (χ1n) is 8.43. The van der Waals surface area contributed by atoms with E-state index in [1.165, 1.54) is 13.0 Å². The molecule has 0 bridgehead atoms. The summed E-state index contributed by atoms with van der Waals surface area (Å²) >= 11 is 0. The third-order valence-corrected chi connectivity index (χ3v) is 4.21. The van der Waals surface area contributed by atoms with E-state index in [1.54, 1.807) is 7.05 Å². The number of piperidine rings is 1. The van der Waals surface area contributed by atoms with Gasteiger partial charge in [-0.2, -0.15) is 5.26 Å². The van der Waals surface area contributed by atoms with E-state index < -0.39 is 0 Å². The molecule has 0 amide bonds. The summed E-state index contributed by atoms with van der Waals surface area (Å²) in [6.45, 7) is 6.43. The van der Waals surface area contributed by atoms with Gasteiger partial charge < -0.3 is 15.5 Å². The first-order chi connectivity index (χ1) is 11.2. The van der Waals surface area contributed by atoms with E-state index >= 15 is 0 Å². The minimum Gasteiger partial charge on any atom is -0.354 e. The number of benzene rings is 1. The van der Waals surface area contributed by atoms with Gasteiger partial charge in [0, 0.05) is 32.7 Å². The molecule has 0 aliphatic carbocycles. The maximum atomic E-state index is 8.95. The van der Waals surface area contributed by atoms with Crippen molar-refractivity contribution in [3.63, 3.8) is 0 Å². The van der Waals surface area contributed by atoms with Gasteiger partial charge in [-0.1, -0.05) is 19.1 Å². The molecule has 0 radical (unpaired) electrons. The van der Waals surface area contributed by atoms with Gasteiger partial charge in [0.2, 0.25) is 0 Å². The number of aliphatic imine (C=N–C) groups is 1. The predicted octanol–water partition coefficient (Wildman–Crippen LogP) is 2.10. The highest BCUT2D eigenvalue weighted by atomic mass is 15.2. The lowest BCUT2D eigenvalue weighted by Gasteiger charge is -2.32. The number of likely N-dealkylation sites (tertiary alicyclic amines) is 1. The number of hydrogen-bond donors (Lipinski definition) is 2. The van der Waals surface area contributed by atoms with Crippen LogP contribution in [0.5, 0.6) is 0 Å². The molecule has 1 aromatic rings. The topological polar surface area (TPSA) is 63.4 Å². The van der Waals surface area contributed by atoms with E-state index in [2.05, 4.69) is 33.5 Å². The molecule has 1 aliphatic heterocycles. The SMILES string of the molecule is CCCN1CCC(NC(=NC)NCc2cccc(C#N)c2)CC1. The quantitative estimate of drug-likeness (QED) is 0.645. The van der Waals surface area contributed by atoms with E-state index in [-0.39, 0.29) is 0 Å². The monoisotopic (exact) mass is 313 g/mol. The molecular weight excluding hydrogens is 286 g/mol. The van der Waals surface area contributed by atoms with Gasteiger partial charge in [0.1, 0.15) is 0 Å². The molecule has 0 aromatic heterocycles. The smallest absolute Gasteiger partial charge is 0.191 e. The standard InChI is InChI=1S/C18H27N5/c1-3-9-23-10-7-17(8-11-23)22-18(20-2)21-14-16-6-4-5-15(12-16)13-19/h4-6,12,17H,3,7-11,14H2,1-2H3,(H2,20,21,22). The van der Waals surface area contributed by atoms with Crippen LogP contribution >= 0.6 is 0 Å². The Hall–Kier alpha value is -2.06. The Morgan fingerprint density at radius 2 is 2.17 bits per heavy atom. The van der Waals surface area contributed by atoms with Crippen molar-refractivity contribution in [2.24, 2.45) is 4.99 Å². The zero-order valence-corrected chi connectivity index (χ0v) is 14.2. The van der Waals surface area contributed by atoms with Crippen molar-refractivity contribution in [2.45, 2.75) is 38.8 Å². The van der Waals surface area contributed by atoms with Crippen molar-refractivity contribution in [2.75, 3.05) is 26.7 Å². The third kappa shape index (κ3) is 5.57. The van der Waals surface area contributed by atoms with Crippen LogP contribution in [0.3, 0.4) is 0 Å². The molecule has 1 heterocycles. The number of rotatable bonds is 5. The Balaban J connectivity index is 1.79. The van der Waals surface area contributed by atoms with Gasteiger partial charge in [0.25, 0.3) is 0 Å². The molecule has 1 fully saturated rings. The van der Waals surface area contributed by atoms with Crippen molar-refractivity contribution in [3.8, 4) is 6.07 Å². The summed E-state index contributed by atoms with van der Waals surface area (Å²) in [4.78, 5) is 6.84. The normalized spacial score (nSPS) is 16.8. The van der Waals surface area contributed by atoms with Gasteiger partial charge in [0.05, 0.1) is 11.6 Å². The molecule has 5 heteroatoms. The van der Waals surface area contributed by atoms with Gasteiger partial charge in [-0.25, -0.2) is 0 Å². The predicted molar refractivity (Wildman–Crippen MR) is 94.2 cm³/mol. The maximum Gasteiger partial charge on any atom is 0.191 e. The van der Waals surface area contributed by atoms with Crippen LogP contribution in [0.15, 0.2) is 29.3 Å². The largest absolute Gasteiger partial charge is 0.354 e. The molecule has 124 valence electrons. The first-order valence-corrected chi connectivity index (χ1v) is 8.43. The van der Waals surface area contributed by atoms with Crippen molar-refractivity contribution < 1.29 is 0 Å². The molecule has 1 aromatic carbocycles. The number of nitrogens with one attached hydrogen (secondary N) is 2. The lowest BCUT2D eigenvalue weighted by Crippen LogP contribution is -2.48. The number of hydrogen-bond acceptors (Lipinski definition) is 3. The lowest BCUT2D eigenvalue weighted by atomic mass is 10.1. The molecule has 2 N–H and O–H groups in total. The summed E-state index contributed by atoms with van der Waals surface area (Å²) in [5.41, 5.74) is 1.78. The van der Waals surface area contributed by atoms with Crippen LogP contribution in [0.2, 0.25) is 0 Å². The minimum atomic E-state index is 0.486. The molecule has 0 saturated carbocycles. The second-order valence-electron chi connectivity index (χ2n) is 6.00. The first kappa shape index (κ1) is 17.3. The Morgan fingerprint density at radius 1 is 1.39 bits per heavy atom. The van der Waals surface area contributed by atoms with E-state index in [4.69, 9.17) is 5.26 Å². The number of guanidine groups is 1. The average molecular weight is 313 g/mol. The lowest BCUT2D eigenvalue weighted by molar-refractivity contribution is 0.206. The van der Waals surface area contributed by atoms with Gasteiger partial charge in [-0.15, -0.1) is 0 Å². The number of nitrogens with zero attached hydrogens (tertiary/aromatic N) is 3. The summed E-state index contributed by atoms with van der Waals surface area (Å²) < 4.78 is 0. The van der Waals surface area contributed by atoms with Crippen LogP contribution in [-0.2, 0) is 6.54 Å². The van der Waals surface area contributed by atoms with Crippen LogP contribution in [0.25, 0.3) is 0 Å². The van der Waals surface area contributed by atoms with Crippen molar-refractivity contribution in [1.29, 1.82) is 5.26 Å². The fourth-order valence-corrected chi connectivity index (χ4v) is 2.94. The van der Waals surface area contributed by atoms with E-state index in [9.17, 15) is 0 Å². The highest BCUT2D eigenvalue weighted by molar-refractivity contribution is 5.79. The third-order valence-electron chi connectivity index (χ3n) is 4.21. The molecule has 0 unspecified atom stereocenters. The van der Waals surface area contributed by atoms with Crippen molar-refractivity contribution >= 4 is 5.96 Å². The molecule has 1 aliphatic rings. The van der Waals surface area contributed by atoms with Gasteiger partial charge >= 0.3 is 0 Å². The summed E-state index contributed by atoms with van der Waals surface area (Å²) in [6.07, 6.45) is 3.54. The Morgan fingerprint density at radius 3 is 2.83 bits per heavy atom. The molecule has 2 rings (SSSR count). The van der Waals surface area contributed by atoms with Crippen LogP contribution in [-0.4, -0.2) is 43.6 Å². The maximum absolute atomic E-state index is 8.95. The Labute approximate surface area is 139 Å². The summed E-state index contributed by atoms with van der Waals surface area (Å²) in [6, 6.07) is 10.3. The molecule has 1 saturated heterocycles.